The van der Waals surface area contributed by atoms with E-state index in [0.29, 0.717) is 11.9 Å². The van der Waals surface area contributed by atoms with Gasteiger partial charge in [0.05, 0.1) is 0 Å². The molecule has 0 fully saturated rings. The quantitative estimate of drug-likeness (QED) is 0.929. The number of fused-ring (bicyclic) bond motifs is 1. The highest BCUT2D eigenvalue weighted by Crippen LogP contribution is 2.44. The molecule has 2 aromatic rings. The lowest BCUT2D eigenvalue weighted by Crippen LogP contribution is -2.32. The number of benzene rings is 1. The number of nitrogens with one attached hydrogen (secondary N) is 1. The normalized spacial score (nSPS) is 20.1. The van der Waals surface area contributed by atoms with Crippen LogP contribution in [0.1, 0.15) is 42.7 Å². The first-order chi connectivity index (χ1) is 9.56. The number of aromatic nitrogens is 2. The number of hydrogen-bond donors (Lipinski definition) is 1. The maximum Gasteiger partial charge on any atom is 0.223 e. The summed E-state index contributed by atoms with van der Waals surface area (Å²) in [4.78, 5) is 4.24. The Bertz CT molecular complexity index is 603. The maximum absolute atomic E-state index is 5.00. The lowest BCUT2D eigenvalue weighted by atomic mass is 9.85. The minimum Gasteiger partial charge on any atom is -0.340 e. The van der Waals surface area contributed by atoms with Crippen molar-refractivity contribution >= 4 is 0 Å². The molecule has 0 saturated heterocycles. The molecular formula is C16H21N3O. The Labute approximate surface area is 119 Å². The zero-order valence-electron chi connectivity index (χ0n) is 12.3. The standard InChI is InChI=1S/C16H21N3O/c1-11-18-14(19-20-11)8-9-17-15-13-7-5-4-6-12(13)10-16(15,2)3/h4-7,15,17H,8-10H2,1-3H3. The van der Waals surface area contributed by atoms with Crippen LogP contribution in [0.15, 0.2) is 28.8 Å². The van der Waals surface area contributed by atoms with Gasteiger partial charge >= 0.3 is 0 Å². The number of nitrogens with zero attached hydrogens (tertiary/aromatic N) is 2. The molecule has 3 rings (SSSR count). The first kappa shape index (κ1) is 13.3. The molecule has 1 N–H and O–H groups in total. The lowest BCUT2D eigenvalue weighted by molar-refractivity contribution is 0.270. The molecule has 0 radical (unpaired) electrons. The van der Waals surface area contributed by atoms with E-state index < -0.39 is 0 Å². The zero-order valence-corrected chi connectivity index (χ0v) is 12.3. The summed E-state index contributed by atoms with van der Waals surface area (Å²) in [5.41, 5.74) is 3.14. The van der Waals surface area contributed by atoms with Gasteiger partial charge in [0.15, 0.2) is 5.82 Å². The van der Waals surface area contributed by atoms with Crippen molar-refractivity contribution in [1.82, 2.24) is 15.5 Å². The van der Waals surface area contributed by atoms with Crippen LogP contribution in [0.3, 0.4) is 0 Å². The van der Waals surface area contributed by atoms with Crippen LogP contribution < -0.4 is 5.32 Å². The van der Waals surface area contributed by atoms with Crippen LogP contribution in [-0.4, -0.2) is 16.7 Å². The second-order valence-corrected chi connectivity index (χ2v) is 6.23. The van der Waals surface area contributed by atoms with E-state index >= 15 is 0 Å². The van der Waals surface area contributed by atoms with E-state index in [0.717, 1.165) is 25.2 Å². The summed E-state index contributed by atoms with van der Waals surface area (Å²) >= 11 is 0. The minimum atomic E-state index is 0.247. The van der Waals surface area contributed by atoms with Crippen LogP contribution in [0.5, 0.6) is 0 Å². The summed E-state index contributed by atoms with van der Waals surface area (Å²) in [6.45, 7) is 7.33. The van der Waals surface area contributed by atoms with Crippen molar-refractivity contribution in [1.29, 1.82) is 0 Å². The van der Waals surface area contributed by atoms with Crippen molar-refractivity contribution in [2.24, 2.45) is 5.41 Å². The van der Waals surface area contributed by atoms with Gasteiger partial charge in [-0.15, -0.1) is 0 Å². The lowest BCUT2D eigenvalue weighted by Gasteiger charge is -2.28. The van der Waals surface area contributed by atoms with E-state index in [9.17, 15) is 0 Å². The van der Waals surface area contributed by atoms with Gasteiger partial charge in [-0.2, -0.15) is 4.98 Å². The molecule has 0 saturated carbocycles. The molecule has 1 aromatic carbocycles. The molecule has 1 heterocycles. The second-order valence-electron chi connectivity index (χ2n) is 6.23. The summed E-state index contributed by atoms with van der Waals surface area (Å²) < 4.78 is 5.00. The fourth-order valence-corrected chi connectivity index (χ4v) is 3.15. The zero-order chi connectivity index (χ0) is 14.2. The van der Waals surface area contributed by atoms with E-state index in [1.807, 2.05) is 6.92 Å². The molecular weight excluding hydrogens is 250 g/mol. The summed E-state index contributed by atoms with van der Waals surface area (Å²) in [7, 11) is 0. The monoisotopic (exact) mass is 271 g/mol. The summed E-state index contributed by atoms with van der Waals surface area (Å²) in [6, 6.07) is 9.12. The van der Waals surface area contributed by atoms with Gasteiger partial charge < -0.3 is 9.84 Å². The largest absolute Gasteiger partial charge is 0.340 e. The highest BCUT2D eigenvalue weighted by atomic mass is 16.5. The molecule has 1 aromatic heterocycles. The van der Waals surface area contributed by atoms with Crippen LogP contribution >= 0.6 is 0 Å². The Morgan fingerprint density at radius 3 is 2.90 bits per heavy atom. The first-order valence-electron chi connectivity index (χ1n) is 7.17. The van der Waals surface area contributed by atoms with Gasteiger partial charge in [-0.3, -0.25) is 0 Å². The smallest absolute Gasteiger partial charge is 0.223 e. The highest BCUT2D eigenvalue weighted by Gasteiger charge is 2.38. The third-order valence-corrected chi connectivity index (χ3v) is 4.06. The third kappa shape index (κ3) is 2.48. The van der Waals surface area contributed by atoms with Crippen molar-refractivity contribution in [2.75, 3.05) is 6.54 Å². The van der Waals surface area contributed by atoms with E-state index in [-0.39, 0.29) is 5.41 Å². The molecule has 20 heavy (non-hydrogen) atoms. The van der Waals surface area contributed by atoms with Crippen LogP contribution in [0.2, 0.25) is 0 Å². The predicted molar refractivity (Wildman–Crippen MR) is 77.4 cm³/mol. The Hall–Kier alpha value is -1.68. The van der Waals surface area contributed by atoms with Crippen molar-refractivity contribution in [2.45, 2.75) is 39.7 Å². The van der Waals surface area contributed by atoms with E-state index in [1.54, 1.807) is 0 Å². The van der Waals surface area contributed by atoms with Crippen molar-refractivity contribution in [3.63, 3.8) is 0 Å². The van der Waals surface area contributed by atoms with E-state index in [1.165, 1.54) is 11.1 Å². The summed E-state index contributed by atoms with van der Waals surface area (Å²) in [6.07, 6.45) is 1.92. The molecule has 4 heteroatoms. The van der Waals surface area contributed by atoms with Crippen LogP contribution in [0.25, 0.3) is 0 Å². The van der Waals surface area contributed by atoms with Crippen LogP contribution in [0.4, 0.5) is 0 Å². The molecule has 106 valence electrons. The fraction of sp³-hybridized carbons (Fsp3) is 0.500. The third-order valence-electron chi connectivity index (χ3n) is 4.06. The molecule has 1 aliphatic carbocycles. The van der Waals surface area contributed by atoms with Crippen LogP contribution in [-0.2, 0) is 12.8 Å². The van der Waals surface area contributed by atoms with E-state index in [2.05, 4.69) is 53.6 Å². The Kier molecular flexibility index (Phi) is 3.34. The van der Waals surface area contributed by atoms with Gasteiger partial charge in [0.25, 0.3) is 0 Å². The van der Waals surface area contributed by atoms with Gasteiger partial charge in [-0.25, -0.2) is 0 Å². The number of rotatable bonds is 4. The topological polar surface area (TPSA) is 51.0 Å². The van der Waals surface area contributed by atoms with Gasteiger partial charge in [0, 0.05) is 25.9 Å². The van der Waals surface area contributed by atoms with E-state index in [4.69, 9.17) is 4.52 Å². The predicted octanol–water partition coefficient (Wildman–Crippen LogP) is 2.83. The molecule has 0 aliphatic heterocycles. The molecule has 0 amide bonds. The van der Waals surface area contributed by atoms with Gasteiger partial charge in [-0.1, -0.05) is 43.3 Å². The van der Waals surface area contributed by atoms with Crippen molar-refractivity contribution < 1.29 is 4.52 Å². The average Bonchev–Trinajstić information content (AvgIpc) is 2.91. The van der Waals surface area contributed by atoms with Gasteiger partial charge in [-0.05, 0) is 23.0 Å². The Morgan fingerprint density at radius 1 is 1.35 bits per heavy atom. The highest BCUT2D eigenvalue weighted by molar-refractivity contribution is 5.37. The molecule has 0 bridgehead atoms. The van der Waals surface area contributed by atoms with Crippen LogP contribution in [0, 0.1) is 12.3 Å². The first-order valence-corrected chi connectivity index (χ1v) is 7.17. The summed E-state index contributed by atoms with van der Waals surface area (Å²) in [5, 5.41) is 7.60. The molecule has 4 nitrogen and oxygen atoms in total. The number of aryl methyl sites for hydroxylation is 1. The minimum absolute atomic E-state index is 0.247. The molecule has 1 atom stereocenters. The SMILES string of the molecule is Cc1nc(CCNC2c3ccccc3CC2(C)C)no1. The molecule has 0 spiro atoms. The number of hydrogen-bond acceptors (Lipinski definition) is 4. The van der Waals surface area contributed by atoms with Gasteiger partial charge in [0.1, 0.15) is 0 Å². The second kappa shape index (κ2) is 5.02. The average molecular weight is 271 g/mol. The van der Waals surface area contributed by atoms with Crippen molar-refractivity contribution in [3.05, 3.63) is 47.1 Å². The summed E-state index contributed by atoms with van der Waals surface area (Å²) in [5.74, 6) is 1.41. The molecule has 1 aliphatic rings. The van der Waals surface area contributed by atoms with Crippen molar-refractivity contribution in [3.8, 4) is 0 Å². The maximum atomic E-state index is 5.00. The van der Waals surface area contributed by atoms with Gasteiger partial charge in [0.2, 0.25) is 5.89 Å². The molecule has 1 unspecified atom stereocenters. The fourth-order valence-electron chi connectivity index (χ4n) is 3.15. The Balaban J connectivity index is 1.67. The Morgan fingerprint density at radius 2 is 2.15 bits per heavy atom.